The van der Waals surface area contributed by atoms with Gasteiger partial charge in [0.15, 0.2) is 0 Å². The van der Waals surface area contributed by atoms with Gasteiger partial charge >= 0.3 is 5.97 Å². The van der Waals surface area contributed by atoms with Gasteiger partial charge in [-0.2, -0.15) is 0 Å². The molecule has 0 saturated carbocycles. The van der Waals surface area contributed by atoms with Crippen molar-refractivity contribution in [1.82, 2.24) is 10.2 Å². The van der Waals surface area contributed by atoms with Crippen LogP contribution in [0.3, 0.4) is 0 Å². The Balaban J connectivity index is 2.23. The lowest BCUT2D eigenvalue weighted by molar-refractivity contribution is -0.178. The summed E-state index contributed by atoms with van der Waals surface area (Å²) in [5, 5.41) is 3.34. The maximum Gasteiger partial charge on any atom is 0.326 e. The molecule has 2 aliphatic rings. The summed E-state index contributed by atoms with van der Waals surface area (Å²) in [6, 6.07) is 0. The van der Waals surface area contributed by atoms with Crippen molar-refractivity contribution in [3.8, 4) is 0 Å². The number of carbonyl (C=O) groups is 1. The zero-order valence-corrected chi connectivity index (χ0v) is 12.3. The standard InChI is InChI=1S/C14H26N2O3/c1-4-18-12(17)14(16-8-6-15-7-9-16)5-10-19-13(2,3)11-14/h15H,4-11H2,1-3H3. The number of rotatable bonds is 3. The van der Waals surface area contributed by atoms with Crippen molar-refractivity contribution in [2.24, 2.45) is 0 Å². The maximum atomic E-state index is 12.6. The van der Waals surface area contributed by atoms with E-state index in [-0.39, 0.29) is 11.6 Å². The number of nitrogens with zero attached hydrogens (tertiary/aromatic N) is 1. The van der Waals surface area contributed by atoms with Gasteiger partial charge in [-0.1, -0.05) is 0 Å². The van der Waals surface area contributed by atoms with Crippen LogP contribution in [-0.4, -0.2) is 61.4 Å². The van der Waals surface area contributed by atoms with Crippen molar-refractivity contribution < 1.29 is 14.3 Å². The van der Waals surface area contributed by atoms with Gasteiger partial charge in [0.1, 0.15) is 5.54 Å². The lowest BCUT2D eigenvalue weighted by Crippen LogP contribution is -2.65. The Morgan fingerprint density at radius 1 is 1.37 bits per heavy atom. The topological polar surface area (TPSA) is 50.8 Å². The highest BCUT2D eigenvalue weighted by molar-refractivity contribution is 5.81. The molecule has 0 amide bonds. The fourth-order valence-corrected chi connectivity index (χ4v) is 3.27. The summed E-state index contributed by atoms with van der Waals surface area (Å²) in [6.45, 7) is 10.7. The highest BCUT2D eigenvalue weighted by Gasteiger charge is 2.51. The number of ether oxygens (including phenoxy) is 2. The Kier molecular flexibility index (Phi) is 4.48. The van der Waals surface area contributed by atoms with Crippen molar-refractivity contribution in [2.75, 3.05) is 39.4 Å². The van der Waals surface area contributed by atoms with Gasteiger partial charge in [-0.3, -0.25) is 9.69 Å². The molecule has 0 aromatic rings. The molecule has 110 valence electrons. The fraction of sp³-hybridized carbons (Fsp3) is 0.929. The second-order valence-electron chi connectivity index (χ2n) is 6.02. The van der Waals surface area contributed by atoms with Crippen molar-refractivity contribution in [1.29, 1.82) is 0 Å². The summed E-state index contributed by atoms with van der Waals surface area (Å²) in [7, 11) is 0. The van der Waals surface area contributed by atoms with Crippen LogP contribution in [0.4, 0.5) is 0 Å². The lowest BCUT2D eigenvalue weighted by atomic mass is 9.79. The minimum atomic E-state index is -0.500. The predicted octanol–water partition coefficient (Wildman–Crippen LogP) is 0.783. The van der Waals surface area contributed by atoms with E-state index < -0.39 is 5.54 Å². The van der Waals surface area contributed by atoms with Crippen LogP contribution in [0.15, 0.2) is 0 Å². The van der Waals surface area contributed by atoms with E-state index >= 15 is 0 Å². The van der Waals surface area contributed by atoms with E-state index in [0.717, 1.165) is 32.6 Å². The third kappa shape index (κ3) is 3.09. The minimum Gasteiger partial charge on any atom is -0.465 e. The molecule has 2 aliphatic heterocycles. The Morgan fingerprint density at radius 3 is 2.63 bits per heavy atom. The lowest BCUT2D eigenvalue weighted by Gasteiger charge is -2.50. The molecular weight excluding hydrogens is 244 g/mol. The molecule has 0 aliphatic carbocycles. The van der Waals surface area contributed by atoms with Crippen molar-refractivity contribution in [3.63, 3.8) is 0 Å². The first kappa shape index (κ1) is 14.8. The third-order valence-electron chi connectivity index (χ3n) is 4.10. The first-order valence-electron chi connectivity index (χ1n) is 7.27. The molecule has 1 N–H and O–H groups in total. The van der Waals surface area contributed by atoms with Crippen LogP contribution in [-0.2, 0) is 14.3 Å². The molecule has 0 spiro atoms. The van der Waals surface area contributed by atoms with Crippen molar-refractivity contribution in [2.45, 2.75) is 44.8 Å². The molecule has 1 unspecified atom stereocenters. The highest BCUT2D eigenvalue weighted by atomic mass is 16.5. The van der Waals surface area contributed by atoms with E-state index in [4.69, 9.17) is 9.47 Å². The van der Waals surface area contributed by atoms with Crippen molar-refractivity contribution in [3.05, 3.63) is 0 Å². The van der Waals surface area contributed by atoms with E-state index in [1.165, 1.54) is 0 Å². The van der Waals surface area contributed by atoms with Gasteiger partial charge in [0.05, 0.1) is 12.2 Å². The first-order valence-corrected chi connectivity index (χ1v) is 7.27. The molecule has 2 saturated heterocycles. The van der Waals surface area contributed by atoms with Crippen LogP contribution in [0.2, 0.25) is 0 Å². The van der Waals surface area contributed by atoms with Gasteiger partial charge in [0, 0.05) is 39.2 Å². The maximum absolute atomic E-state index is 12.6. The van der Waals surface area contributed by atoms with Crippen LogP contribution >= 0.6 is 0 Å². The van der Waals surface area contributed by atoms with E-state index in [0.29, 0.717) is 19.6 Å². The summed E-state index contributed by atoms with van der Waals surface area (Å²) < 4.78 is 11.2. The Morgan fingerprint density at radius 2 is 2.05 bits per heavy atom. The van der Waals surface area contributed by atoms with Gasteiger partial charge in [-0.25, -0.2) is 0 Å². The number of hydrogen-bond acceptors (Lipinski definition) is 5. The molecule has 1 atom stereocenters. The number of hydrogen-bond donors (Lipinski definition) is 1. The van der Waals surface area contributed by atoms with E-state index in [1.54, 1.807) is 0 Å². The first-order chi connectivity index (χ1) is 9.00. The van der Waals surface area contributed by atoms with Crippen molar-refractivity contribution >= 4 is 5.97 Å². The van der Waals surface area contributed by atoms with E-state index in [2.05, 4.69) is 24.1 Å². The summed E-state index contributed by atoms with van der Waals surface area (Å²) in [5.41, 5.74) is -0.768. The number of carbonyl (C=O) groups excluding carboxylic acids is 1. The van der Waals surface area contributed by atoms with Crippen LogP contribution < -0.4 is 5.32 Å². The zero-order chi connectivity index (χ0) is 13.9. The molecule has 0 aromatic heterocycles. The van der Waals surface area contributed by atoms with E-state index in [1.807, 2.05) is 6.92 Å². The quantitative estimate of drug-likeness (QED) is 0.768. The molecule has 0 bridgehead atoms. The van der Waals surface area contributed by atoms with Crippen LogP contribution in [0.25, 0.3) is 0 Å². The summed E-state index contributed by atoms with van der Waals surface area (Å²) >= 11 is 0. The van der Waals surface area contributed by atoms with Crippen LogP contribution in [0, 0.1) is 0 Å². The van der Waals surface area contributed by atoms with Gasteiger partial charge in [0.25, 0.3) is 0 Å². The second-order valence-corrected chi connectivity index (χ2v) is 6.02. The third-order valence-corrected chi connectivity index (χ3v) is 4.10. The summed E-state index contributed by atoms with van der Waals surface area (Å²) in [5.74, 6) is -0.0757. The van der Waals surface area contributed by atoms with Gasteiger partial charge in [-0.15, -0.1) is 0 Å². The van der Waals surface area contributed by atoms with E-state index in [9.17, 15) is 4.79 Å². The highest BCUT2D eigenvalue weighted by Crippen LogP contribution is 2.37. The Hall–Kier alpha value is -0.650. The van der Waals surface area contributed by atoms with Gasteiger partial charge < -0.3 is 14.8 Å². The minimum absolute atomic E-state index is 0.0757. The molecule has 0 radical (unpaired) electrons. The predicted molar refractivity (Wildman–Crippen MR) is 73.1 cm³/mol. The molecular formula is C14H26N2O3. The average Bonchev–Trinajstić information content (AvgIpc) is 2.38. The second kappa shape index (κ2) is 5.77. The molecule has 5 nitrogen and oxygen atoms in total. The van der Waals surface area contributed by atoms with Crippen LogP contribution in [0.1, 0.15) is 33.6 Å². The van der Waals surface area contributed by atoms with Crippen LogP contribution in [0.5, 0.6) is 0 Å². The number of nitrogens with one attached hydrogen (secondary N) is 1. The summed E-state index contributed by atoms with van der Waals surface area (Å²) in [6.07, 6.45) is 1.44. The molecule has 2 fully saturated rings. The fourth-order valence-electron chi connectivity index (χ4n) is 3.27. The molecule has 0 aromatic carbocycles. The molecule has 19 heavy (non-hydrogen) atoms. The summed E-state index contributed by atoms with van der Waals surface area (Å²) in [4.78, 5) is 14.9. The van der Waals surface area contributed by atoms with Gasteiger partial charge in [-0.05, 0) is 27.2 Å². The zero-order valence-electron chi connectivity index (χ0n) is 12.3. The Bertz CT molecular complexity index is 327. The average molecular weight is 270 g/mol. The number of piperazine rings is 1. The molecule has 2 rings (SSSR count). The SMILES string of the molecule is CCOC(=O)C1(N2CCNCC2)CCOC(C)(C)C1. The normalized spacial score (nSPS) is 31.9. The largest absolute Gasteiger partial charge is 0.465 e. The molecule has 2 heterocycles. The molecule has 5 heteroatoms. The van der Waals surface area contributed by atoms with Gasteiger partial charge in [0.2, 0.25) is 0 Å². The number of esters is 1. The monoisotopic (exact) mass is 270 g/mol. The smallest absolute Gasteiger partial charge is 0.326 e. The Labute approximate surface area is 115 Å².